The summed E-state index contributed by atoms with van der Waals surface area (Å²) in [6.07, 6.45) is 3.25. The Bertz CT molecular complexity index is 917. The number of carbonyl (C=O) groups excluding carboxylic acids is 1. The third kappa shape index (κ3) is 2.95. The number of aromatic hydroxyl groups is 1. The van der Waals surface area contributed by atoms with Crippen LogP contribution >= 0.6 is 0 Å². The van der Waals surface area contributed by atoms with Crippen molar-refractivity contribution < 1.29 is 9.90 Å². The zero-order chi connectivity index (χ0) is 18.1. The third-order valence-corrected chi connectivity index (χ3v) is 4.51. The molecule has 0 aliphatic heterocycles. The van der Waals surface area contributed by atoms with E-state index in [0.29, 0.717) is 16.8 Å². The van der Waals surface area contributed by atoms with Crippen LogP contribution < -0.4 is 0 Å². The van der Waals surface area contributed by atoms with Crippen LogP contribution in [0.4, 0.5) is 0 Å². The van der Waals surface area contributed by atoms with Gasteiger partial charge in [-0.1, -0.05) is 32.0 Å². The molecule has 2 heterocycles. The van der Waals surface area contributed by atoms with Gasteiger partial charge in [0.25, 0.3) is 5.91 Å². The Morgan fingerprint density at radius 2 is 1.96 bits per heavy atom. The lowest BCUT2D eigenvalue weighted by Gasteiger charge is -2.32. The molecule has 25 heavy (non-hydrogen) atoms. The van der Waals surface area contributed by atoms with E-state index in [4.69, 9.17) is 0 Å². The Morgan fingerprint density at radius 3 is 2.60 bits per heavy atom. The summed E-state index contributed by atoms with van der Waals surface area (Å²) in [4.78, 5) is 18.8. The number of nitrogens with zero attached hydrogens (tertiary/aromatic N) is 4. The normalized spacial score (nSPS) is 12.5. The molecule has 0 saturated carbocycles. The highest BCUT2D eigenvalue weighted by Crippen LogP contribution is 2.37. The van der Waals surface area contributed by atoms with Gasteiger partial charge in [-0.15, -0.1) is 0 Å². The molecular formula is C19H22N4O2. The quantitative estimate of drug-likeness (QED) is 0.793. The fraction of sp³-hybridized carbons (Fsp3) is 0.316. The van der Waals surface area contributed by atoms with E-state index in [1.807, 2.05) is 38.1 Å². The molecule has 0 fully saturated rings. The van der Waals surface area contributed by atoms with E-state index >= 15 is 0 Å². The smallest absolute Gasteiger partial charge is 0.272 e. The van der Waals surface area contributed by atoms with E-state index in [9.17, 15) is 9.90 Å². The minimum atomic E-state index is -0.284. The molecule has 1 aromatic carbocycles. The Hall–Kier alpha value is -2.89. The number of rotatable bonds is 4. The van der Waals surface area contributed by atoms with Crippen molar-refractivity contribution in [1.82, 2.24) is 19.7 Å². The monoisotopic (exact) mass is 338 g/mol. The number of phenolic OH excluding ortho intramolecular Hbond substituents is 1. The molecular weight excluding hydrogens is 316 g/mol. The van der Waals surface area contributed by atoms with Crippen molar-refractivity contribution in [2.24, 2.45) is 13.0 Å². The van der Waals surface area contributed by atoms with Gasteiger partial charge in [0.1, 0.15) is 17.0 Å². The average molecular weight is 338 g/mol. The molecule has 0 bridgehead atoms. The van der Waals surface area contributed by atoms with Crippen LogP contribution in [0.3, 0.4) is 0 Å². The van der Waals surface area contributed by atoms with Crippen molar-refractivity contribution in [2.75, 3.05) is 7.05 Å². The number of fused-ring (bicyclic) bond motifs is 1. The average Bonchev–Trinajstić information content (AvgIpc) is 3.02. The molecule has 130 valence electrons. The van der Waals surface area contributed by atoms with Gasteiger partial charge in [0.15, 0.2) is 0 Å². The van der Waals surface area contributed by atoms with Crippen LogP contribution in [0.5, 0.6) is 5.75 Å². The van der Waals surface area contributed by atoms with Crippen molar-refractivity contribution in [2.45, 2.75) is 19.9 Å². The maximum atomic E-state index is 12.9. The summed E-state index contributed by atoms with van der Waals surface area (Å²) in [6, 6.07) is 8.94. The van der Waals surface area contributed by atoms with Gasteiger partial charge in [0.2, 0.25) is 0 Å². The number of hydrogen-bond acceptors (Lipinski definition) is 4. The summed E-state index contributed by atoms with van der Waals surface area (Å²) in [5, 5.41) is 15.7. The largest absolute Gasteiger partial charge is 0.505 e. The maximum Gasteiger partial charge on any atom is 0.272 e. The summed E-state index contributed by atoms with van der Waals surface area (Å²) in [6.45, 7) is 4.06. The summed E-state index contributed by atoms with van der Waals surface area (Å²) < 4.78 is 1.55. The van der Waals surface area contributed by atoms with Crippen molar-refractivity contribution in [3.8, 4) is 5.75 Å². The zero-order valence-corrected chi connectivity index (χ0v) is 14.8. The van der Waals surface area contributed by atoms with Gasteiger partial charge in [-0.05, 0) is 18.1 Å². The Morgan fingerprint density at radius 1 is 1.20 bits per heavy atom. The highest BCUT2D eigenvalue weighted by molar-refractivity contribution is 5.93. The third-order valence-electron chi connectivity index (χ3n) is 4.51. The molecule has 0 spiro atoms. The first-order valence-electron chi connectivity index (χ1n) is 8.23. The van der Waals surface area contributed by atoms with Gasteiger partial charge in [0.05, 0.1) is 6.04 Å². The van der Waals surface area contributed by atoms with E-state index in [0.717, 1.165) is 5.39 Å². The fourth-order valence-corrected chi connectivity index (χ4v) is 3.29. The Labute approximate surface area is 146 Å². The summed E-state index contributed by atoms with van der Waals surface area (Å²) in [7, 11) is 3.49. The number of hydrogen-bond donors (Lipinski definition) is 1. The molecule has 0 aliphatic rings. The second kappa shape index (κ2) is 6.55. The molecule has 6 nitrogen and oxygen atoms in total. The molecule has 1 unspecified atom stereocenters. The van der Waals surface area contributed by atoms with Crippen LogP contribution in [0.15, 0.2) is 42.7 Å². The van der Waals surface area contributed by atoms with E-state index in [2.05, 4.69) is 10.1 Å². The molecule has 1 amide bonds. The molecule has 0 radical (unpaired) electrons. The predicted molar refractivity (Wildman–Crippen MR) is 96.3 cm³/mol. The Kier molecular flexibility index (Phi) is 4.44. The highest BCUT2D eigenvalue weighted by atomic mass is 16.3. The minimum absolute atomic E-state index is 0.106. The van der Waals surface area contributed by atoms with E-state index in [1.54, 1.807) is 42.1 Å². The van der Waals surface area contributed by atoms with Crippen LogP contribution in [0.25, 0.3) is 10.9 Å². The SMILES string of the molecule is CC(C)C(c1ccc2cccnc2c1O)N(C)C(=O)c1ccnn1C. The predicted octanol–water partition coefficient (Wildman–Crippen LogP) is 3.14. The van der Waals surface area contributed by atoms with Crippen LogP contribution in [-0.4, -0.2) is 37.7 Å². The molecule has 0 aliphatic carbocycles. The van der Waals surface area contributed by atoms with Gasteiger partial charge in [-0.3, -0.25) is 14.5 Å². The van der Waals surface area contributed by atoms with Crippen LogP contribution in [-0.2, 0) is 7.05 Å². The van der Waals surface area contributed by atoms with Crippen LogP contribution in [0, 0.1) is 5.92 Å². The maximum absolute atomic E-state index is 12.9. The van der Waals surface area contributed by atoms with Crippen molar-refractivity contribution in [3.05, 3.63) is 54.0 Å². The summed E-state index contributed by atoms with van der Waals surface area (Å²) in [5.41, 5.74) is 1.75. The topological polar surface area (TPSA) is 71.2 Å². The first-order chi connectivity index (χ1) is 11.9. The Balaban J connectivity index is 2.06. The molecule has 1 atom stereocenters. The second-order valence-electron chi connectivity index (χ2n) is 6.52. The van der Waals surface area contributed by atoms with Gasteiger partial charge in [0, 0.05) is 37.4 Å². The standard InChI is InChI=1S/C19H22N4O2/c1-12(2)17(22(3)19(25)15-9-11-21-23(15)4)14-8-7-13-6-5-10-20-16(13)18(14)24/h5-12,17,24H,1-4H3. The number of aromatic nitrogens is 3. The van der Waals surface area contributed by atoms with Crippen molar-refractivity contribution in [3.63, 3.8) is 0 Å². The number of amides is 1. The summed E-state index contributed by atoms with van der Waals surface area (Å²) >= 11 is 0. The first-order valence-corrected chi connectivity index (χ1v) is 8.23. The molecule has 6 heteroatoms. The number of pyridine rings is 1. The number of benzene rings is 1. The van der Waals surface area contributed by atoms with Crippen molar-refractivity contribution in [1.29, 1.82) is 0 Å². The van der Waals surface area contributed by atoms with Crippen LogP contribution in [0.2, 0.25) is 0 Å². The van der Waals surface area contributed by atoms with Crippen molar-refractivity contribution >= 4 is 16.8 Å². The van der Waals surface area contributed by atoms with Gasteiger partial charge >= 0.3 is 0 Å². The number of phenols is 1. The number of carbonyl (C=O) groups is 1. The highest BCUT2D eigenvalue weighted by Gasteiger charge is 2.29. The first kappa shape index (κ1) is 17.0. The lowest BCUT2D eigenvalue weighted by molar-refractivity contribution is 0.0674. The molecule has 3 rings (SSSR count). The molecule has 3 aromatic rings. The van der Waals surface area contributed by atoms with E-state index in [1.165, 1.54) is 0 Å². The van der Waals surface area contributed by atoms with Crippen LogP contribution in [0.1, 0.15) is 35.9 Å². The zero-order valence-electron chi connectivity index (χ0n) is 14.8. The lowest BCUT2D eigenvalue weighted by atomic mass is 9.92. The molecule has 1 N–H and O–H groups in total. The molecule has 2 aromatic heterocycles. The lowest BCUT2D eigenvalue weighted by Crippen LogP contribution is -2.35. The second-order valence-corrected chi connectivity index (χ2v) is 6.52. The minimum Gasteiger partial charge on any atom is -0.505 e. The van der Waals surface area contributed by atoms with Gasteiger partial charge in [-0.25, -0.2) is 0 Å². The fourth-order valence-electron chi connectivity index (χ4n) is 3.29. The van der Waals surface area contributed by atoms with E-state index in [-0.39, 0.29) is 23.6 Å². The van der Waals surface area contributed by atoms with E-state index < -0.39 is 0 Å². The molecule has 0 saturated heterocycles. The number of aryl methyl sites for hydroxylation is 1. The van der Waals surface area contributed by atoms with Gasteiger partial charge in [-0.2, -0.15) is 5.10 Å². The summed E-state index contributed by atoms with van der Waals surface area (Å²) in [5.74, 6) is 0.0925. The van der Waals surface area contributed by atoms with Gasteiger partial charge < -0.3 is 10.0 Å².